The second-order valence-electron chi connectivity index (χ2n) is 4.24. The van der Waals surface area contributed by atoms with Crippen LogP contribution in [0, 0.1) is 0 Å². The Bertz CT molecular complexity index is 814. The number of nitrogens with two attached hydrogens (primary N) is 1. The van der Waals surface area contributed by atoms with Crippen LogP contribution in [0.2, 0.25) is 5.02 Å². The monoisotopic (exact) mass is 319 g/mol. The number of rotatable bonds is 2. The van der Waals surface area contributed by atoms with Gasteiger partial charge in [-0.15, -0.1) is 11.3 Å². The molecule has 7 heteroatoms. The molecule has 0 aliphatic rings. The Hall–Kier alpha value is -2.18. The van der Waals surface area contributed by atoms with E-state index in [1.165, 1.54) is 18.4 Å². The van der Waals surface area contributed by atoms with Gasteiger partial charge in [0.05, 0.1) is 28.0 Å². The van der Waals surface area contributed by atoms with Crippen molar-refractivity contribution in [3.8, 4) is 10.7 Å². The van der Waals surface area contributed by atoms with Crippen molar-refractivity contribution >= 4 is 44.8 Å². The van der Waals surface area contributed by atoms with Crippen LogP contribution < -0.4 is 5.73 Å². The van der Waals surface area contributed by atoms with Crippen molar-refractivity contribution < 1.29 is 9.53 Å². The smallest absolute Gasteiger partial charge is 0.358 e. The van der Waals surface area contributed by atoms with Crippen molar-refractivity contribution in [2.24, 2.45) is 0 Å². The summed E-state index contributed by atoms with van der Waals surface area (Å²) in [5.41, 5.74) is 7.47. The highest BCUT2D eigenvalue weighted by Crippen LogP contribution is 2.32. The molecule has 0 aliphatic carbocycles. The minimum absolute atomic E-state index is 0.00609. The summed E-state index contributed by atoms with van der Waals surface area (Å²) in [7, 11) is 1.26. The molecule has 0 fully saturated rings. The summed E-state index contributed by atoms with van der Waals surface area (Å²) in [6, 6.07) is 9.34. The quantitative estimate of drug-likeness (QED) is 0.733. The van der Waals surface area contributed by atoms with Gasteiger partial charge in [0.2, 0.25) is 0 Å². The van der Waals surface area contributed by atoms with Crippen LogP contribution in [-0.2, 0) is 4.74 Å². The third-order valence-corrected chi connectivity index (χ3v) is 4.33. The van der Waals surface area contributed by atoms with Crippen LogP contribution in [0.1, 0.15) is 10.5 Å². The number of esters is 1. The zero-order valence-corrected chi connectivity index (χ0v) is 12.5. The number of nitrogens with zero attached hydrogens (tertiary/aromatic N) is 2. The van der Waals surface area contributed by atoms with Crippen LogP contribution in [-0.4, -0.2) is 23.0 Å². The molecule has 0 unspecified atom stereocenters. The van der Waals surface area contributed by atoms with Gasteiger partial charge in [-0.2, -0.15) is 0 Å². The van der Waals surface area contributed by atoms with Gasteiger partial charge >= 0.3 is 5.97 Å². The molecular weight excluding hydrogens is 310 g/mol. The first kappa shape index (κ1) is 13.8. The van der Waals surface area contributed by atoms with E-state index in [0.29, 0.717) is 10.7 Å². The van der Waals surface area contributed by atoms with Crippen molar-refractivity contribution in [1.82, 2.24) is 9.97 Å². The zero-order chi connectivity index (χ0) is 15.0. The predicted molar refractivity (Wildman–Crippen MR) is 83.6 cm³/mol. The number of thiazole rings is 1. The molecule has 0 aliphatic heterocycles. The molecule has 0 spiro atoms. The summed E-state index contributed by atoms with van der Waals surface area (Å²) in [6.07, 6.45) is 0. The zero-order valence-electron chi connectivity index (χ0n) is 11.0. The Morgan fingerprint density at radius 2 is 2.10 bits per heavy atom. The van der Waals surface area contributed by atoms with Gasteiger partial charge < -0.3 is 10.5 Å². The number of para-hydroxylation sites is 1. The summed E-state index contributed by atoms with van der Waals surface area (Å²) in [4.78, 5) is 20.4. The van der Waals surface area contributed by atoms with Crippen LogP contribution in [0.5, 0.6) is 0 Å². The number of pyridine rings is 1. The van der Waals surface area contributed by atoms with E-state index in [0.717, 1.165) is 10.2 Å². The van der Waals surface area contributed by atoms with E-state index >= 15 is 0 Å². The van der Waals surface area contributed by atoms with E-state index in [2.05, 4.69) is 14.7 Å². The summed E-state index contributed by atoms with van der Waals surface area (Å²) in [5.74, 6) is -0.630. The lowest BCUT2D eigenvalue weighted by atomic mass is 10.2. The number of carbonyl (C=O) groups excluding carboxylic acids is 1. The first-order valence-electron chi connectivity index (χ1n) is 6.00. The van der Waals surface area contributed by atoms with Crippen molar-refractivity contribution in [2.45, 2.75) is 0 Å². The summed E-state index contributed by atoms with van der Waals surface area (Å²) >= 11 is 7.47. The minimum Gasteiger partial charge on any atom is -0.464 e. The molecule has 0 amide bonds. The molecule has 106 valence electrons. The molecule has 5 nitrogen and oxygen atoms in total. The van der Waals surface area contributed by atoms with Crippen molar-refractivity contribution in [3.05, 3.63) is 41.0 Å². The lowest BCUT2D eigenvalue weighted by Gasteiger charge is -2.06. The highest BCUT2D eigenvalue weighted by molar-refractivity contribution is 7.21. The third-order valence-electron chi connectivity index (χ3n) is 2.88. The summed E-state index contributed by atoms with van der Waals surface area (Å²) < 4.78 is 5.69. The number of carbonyl (C=O) groups is 1. The molecule has 1 aromatic carbocycles. The number of ether oxygens (including phenoxy) is 1. The van der Waals surface area contributed by atoms with E-state index in [1.54, 1.807) is 6.07 Å². The van der Waals surface area contributed by atoms with Gasteiger partial charge in [0.1, 0.15) is 10.7 Å². The average Bonchev–Trinajstić information content (AvgIpc) is 2.93. The molecule has 3 rings (SSSR count). The van der Waals surface area contributed by atoms with Crippen LogP contribution >= 0.6 is 22.9 Å². The number of anilines is 1. The van der Waals surface area contributed by atoms with Crippen LogP contribution in [0.15, 0.2) is 30.3 Å². The molecule has 2 N–H and O–H groups in total. The van der Waals surface area contributed by atoms with Crippen LogP contribution in [0.3, 0.4) is 0 Å². The SMILES string of the molecule is COC(=O)c1nc(-c2nc3ccccc3s2)cc(N)c1Cl. The van der Waals surface area contributed by atoms with Crippen LogP contribution in [0.25, 0.3) is 20.9 Å². The number of hydrogen-bond acceptors (Lipinski definition) is 6. The fraction of sp³-hybridized carbons (Fsp3) is 0.0714. The maximum absolute atomic E-state index is 11.7. The molecule has 0 radical (unpaired) electrons. The first-order valence-corrected chi connectivity index (χ1v) is 7.20. The van der Waals surface area contributed by atoms with E-state index in [1.807, 2.05) is 24.3 Å². The fourth-order valence-electron chi connectivity index (χ4n) is 1.87. The number of methoxy groups -OCH3 is 1. The molecule has 21 heavy (non-hydrogen) atoms. The highest BCUT2D eigenvalue weighted by Gasteiger charge is 2.19. The number of fused-ring (bicyclic) bond motifs is 1. The standard InChI is InChI=1S/C14H10ClN3O2S/c1-20-14(19)12-11(15)7(16)6-9(17-12)13-18-8-4-2-3-5-10(8)21-13/h2-6H,1H3,(H2,16,17). The van der Waals surface area contributed by atoms with E-state index in [-0.39, 0.29) is 16.4 Å². The van der Waals surface area contributed by atoms with Crippen molar-refractivity contribution in [1.29, 1.82) is 0 Å². The van der Waals surface area contributed by atoms with Crippen LogP contribution in [0.4, 0.5) is 5.69 Å². The first-order chi connectivity index (χ1) is 10.1. The summed E-state index contributed by atoms with van der Waals surface area (Å²) in [5, 5.41) is 0.761. The maximum atomic E-state index is 11.7. The Kier molecular flexibility index (Phi) is 3.48. The normalized spacial score (nSPS) is 10.8. The number of benzene rings is 1. The predicted octanol–water partition coefficient (Wildman–Crippen LogP) is 3.38. The van der Waals surface area contributed by atoms with E-state index < -0.39 is 5.97 Å². The van der Waals surface area contributed by atoms with E-state index in [4.69, 9.17) is 17.3 Å². The molecule has 0 saturated heterocycles. The molecule has 3 aromatic rings. The molecule has 0 saturated carbocycles. The number of halogens is 1. The van der Waals surface area contributed by atoms with Crippen molar-refractivity contribution in [3.63, 3.8) is 0 Å². The second-order valence-corrected chi connectivity index (χ2v) is 5.65. The Balaban J connectivity index is 2.18. The van der Waals surface area contributed by atoms with Gasteiger partial charge in [0.25, 0.3) is 0 Å². The number of aromatic nitrogens is 2. The van der Waals surface area contributed by atoms with Gasteiger partial charge in [-0.05, 0) is 18.2 Å². The topological polar surface area (TPSA) is 78.1 Å². The molecule has 2 aromatic heterocycles. The Labute approximate surface area is 129 Å². The lowest BCUT2D eigenvalue weighted by molar-refractivity contribution is 0.0594. The third kappa shape index (κ3) is 2.43. The average molecular weight is 320 g/mol. The largest absolute Gasteiger partial charge is 0.464 e. The highest BCUT2D eigenvalue weighted by atomic mass is 35.5. The molecule has 0 bridgehead atoms. The van der Waals surface area contributed by atoms with Gasteiger partial charge in [0, 0.05) is 0 Å². The molecule has 2 heterocycles. The maximum Gasteiger partial charge on any atom is 0.358 e. The van der Waals surface area contributed by atoms with Gasteiger partial charge in [-0.25, -0.2) is 14.8 Å². The Morgan fingerprint density at radius 3 is 2.81 bits per heavy atom. The molecule has 0 atom stereocenters. The number of hydrogen-bond donors (Lipinski definition) is 1. The number of nitrogen functional groups attached to an aromatic ring is 1. The lowest BCUT2D eigenvalue weighted by Crippen LogP contribution is -2.08. The minimum atomic E-state index is -0.630. The second kappa shape index (κ2) is 5.31. The summed E-state index contributed by atoms with van der Waals surface area (Å²) in [6.45, 7) is 0. The van der Waals surface area contributed by atoms with Crippen molar-refractivity contribution in [2.75, 3.05) is 12.8 Å². The van der Waals surface area contributed by atoms with Gasteiger partial charge in [-0.3, -0.25) is 0 Å². The molecular formula is C14H10ClN3O2S. The van der Waals surface area contributed by atoms with Gasteiger partial charge in [-0.1, -0.05) is 23.7 Å². The fourth-order valence-corrected chi connectivity index (χ4v) is 2.97. The van der Waals surface area contributed by atoms with Gasteiger partial charge in [0.15, 0.2) is 5.69 Å². The Morgan fingerprint density at radius 1 is 1.33 bits per heavy atom. The van der Waals surface area contributed by atoms with E-state index in [9.17, 15) is 4.79 Å².